The van der Waals surface area contributed by atoms with Crippen molar-refractivity contribution in [1.82, 2.24) is 19.5 Å². The highest BCUT2D eigenvalue weighted by Crippen LogP contribution is 2.32. The molecule has 1 N–H and O–H groups in total. The zero-order valence-electron chi connectivity index (χ0n) is 14.9. The average Bonchev–Trinajstić information content (AvgIpc) is 3.31. The third-order valence-corrected chi connectivity index (χ3v) is 5.31. The SMILES string of the molecule is Clc1nc(NCCCCc2ccccc2)c2ncn(C3CCCC3)c2n1. The molecule has 1 aromatic carbocycles. The van der Waals surface area contributed by atoms with Crippen molar-refractivity contribution in [2.45, 2.75) is 51.0 Å². The van der Waals surface area contributed by atoms with E-state index in [0.717, 1.165) is 42.8 Å². The van der Waals surface area contributed by atoms with Crippen molar-refractivity contribution in [1.29, 1.82) is 0 Å². The average molecular weight is 370 g/mol. The lowest BCUT2D eigenvalue weighted by Crippen LogP contribution is -2.07. The first-order chi connectivity index (χ1) is 12.8. The molecule has 5 nitrogen and oxygen atoms in total. The molecule has 6 heteroatoms. The summed E-state index contributed by atoms with van der Waals surface area (Å²) in [4.78, 5) is 13.4. The number of rotatable bonds is 7. The van der Waals surface area contributed by atoms with Crippen molar-refractivity contribution in [2.24, 2.45) is 0 Å². The van der Waals surface area contributed by atoms with Gasteiger partial charge in [0.15, 0.2) is 17.0 Å². The van der Waals surface area contributed by atoms with Gasteiger partial charge in [-0.25, -0.2) is 4.98 Å². The molecule has 0 bridgehead atoms. The number of halogens is 1. The number of aromatic nitrogens is 4. The smallest absolute Gasteiger partial charge is 0.226 e. The Labute approximate surface area is 158 Å². The van der Waals surface area contributed by atoms with Gasteiger partial charge in [-0.15, -0.1) is 0 Å². The van der Waals surface area contributed by atoms with E-state index in [1.54, 1.807) is 0 Å². The van der Waals surface area contributed by atoms with Crippen LogP contribution in [0, 0.1) is 0 Å². The number of aryl methyl sites for hydroxylation is 1. The molecule has 1 saturated carbocycles. The highest BCUT2D eigenvalue weighted by molar-refractivity contribution is 6.28. The molecule has 2 aromatic heterocycles. The van der Waals surface area contributed by atoms with Crippen LogP contribution in [0.25, 0.3) is 11.2 Å². The largest absolute Gasteiger partial charge is 0.368 e. The number of hydrogen-bond donors (Lipinski definition) is 1. The Hall–Kier alpha value is -2.14. The van der Waals surface area contributed by atoms with Crippen LogP contribution in [0.1, 0.15) is 50.1 Å². The molecule has 0 amide bonds. The van der Waals surface area contributed by atoms with E-state index in [4.69, 9.17) is 11.6 Å². The van der Waals surface area contributed by atoms with Crippen LogP contribution in [-0.4, -0.2) is 26.1 Å². The first-order valence-corrected chi connectivity index (χ1v) is 9.87. The highest BCUT2D eigenvalue weighted by atomic mass is 35.5. The molecular formula is C20H24ClN5. The number of anilines is 1. The molecule has 26 heavy (non-hydrogen) atoms. The maximum absolute atomic E-state index is 6.18. The third kappa shape index (κ3) is 3.83. The first kappa shape index (κ1) is 17.3. The van der Waals surface area contributed by atoms with Crippen molar-refractivity contribution in [3.63, 3.8) is 0 Å². The van der Waals surface area contributed by atoms with Crippen molar-refractivity contribution in [3.8, 4) is 0 Å². The van der Waals surface area contributed by atoms with E-state index < -0.39 is 0 Å². The van der Waals surface area contributed by atoms with Gasteiger partial charge in [0.05, 0.1) is 6.33 Å². The lowest BCUT2D eigenvalue weighted by Gasteiger charge is -2.12. The van der Waals surface area contributed by atoms with Crippen LogP contribution in [0.2, 0.25) is 5.28 Å². The minimum atomic E-state index is 0.282. The van der Waals surface area contributed by atoms with E-state index in [1.165, 1.54) is 31.2 Å². The Morgan fingerprint density at radius 2 is 1.88 bits per heavy atom. The fraction of sp³-hybridized carbons (Fsp3) is 0.450. The summed E-state index contributed by atoms with van der Waals surface area (Å²) >= 11 is 6.18. The number of benzene rings is 1. The molecule has 0 spiro atoms. The zero-order chi connectivity index (χ0) is 17.8. The number of nitrogens with zero attached hydrogens (tertiary/aromatic N) is 4. The number of nitrogens with one attached hydrogen (secondary N) is 1. The summed E-state index contributed by atoms with van der Waals surface area (Å²) in [5.41, 5.74) is 3.06. The molecule has 0 atom stereocenters. The van der Waals surface area contributed by atoms with Gasteiger partial charge in [-0.2, -0.15) is 9.97 Å². The number of imidazole rings is 1. The van der Waals surface area contributed by atoms with E-state index in [1.807, 2.05) is 6.33 Å². The topological polar surface area (TPSA) is 55.6 Å². The summed E-state index contributed by atoms with van der Waals surface area (Å²) in [5, 5.41) is 3.69. The Bertz CT molecular complexity index is 855. The molecule has 3 aromatic rings. The minimum Gasteiger partial charge on any atom is -0.368 e. The van der Waals surface area contributed by atoms with Crippen molar-refractivity contribution < 1.29 is 0 Å². The van der Waals surface area contributed by atoms with Crippen LogP contribution in [0.5, 0.6) is 0 Å². The maximum Gasteiger partial charge on any atom is 0.226 e. The molecule has 0 aliphatic heterocycles. The van der Waals surface area contributed by atoms with Crippen LogP contribution in [0.4, 0.5) is 5.82 Å². The van der Waals surface area contributed by atoms with Crippen LogP contribution < -0.4 is 5.32 Å². The van der Waals surface area contributed by atoms with Crippen molar-refractivity contribution in [2.75, 3.05) is 11.9 Å². The van der Waals surface area contributed by atoms with Gasteiger partial charge in [-0.05, 0) is 49.3 Å². The fourth-order valence-corrected chi connectivity index (χ4v) is 3.93. The van der Waals surface area contributed by atoms with Crippen LogP contribution in [-0.2, 0) is 6.42 Å². The molecule has 0 unspecified atom stereocenters. The summed E-state index contributed by atoms with van der Waals surface area (Å²) in [6.07, 6.45) is 10.1. The molecule has 1 fully saturated rings. The summed E-state index contributed by atoms with van der Waals surface area (Å²) in [5.74, 6) is 0.747. The zero-order valence-corrected chi connectivity index (χ0v) is 15.6. The molecule has 1 aliphatic rings. The standard InChI is InChI=1S/C20H24ClN5/c21-20-24-18(22-13-7-6-10-15-8-2-1-3-9-15)17-19(25-20)26(14-23-17)16-11-4-5-12-16/h1-3,8-9,14,16H,4-7,10-13H2,(H,22,24,25). The molecule has 0 radical (unpaired) electrons. The monoisotopic (exact) mass is 369 g/mol. The second-order valence-corrected chi connectivity index (χ2v) is 7.31. The van der Waals surface area contributed by atoms with Gasteiger partial charge in [0, 0.05) is 12.6 Å². The Balaban J connectivity index is 1.40. The predicted octanol–water partition coefficient (Wildman–Crippen LogP) is 5.03. The van der Waals surface area contributed by atoms with Crippen LogP contribution >= 0.6 is 11.6 Å². The summed E-state index contributed by atoms with van der Waals surface area (Å²) < 4.78 is 2.18. The van der Waals surface area contributed by atoms with Gasteiger partial charge in [0.25, 0.3) is 0 Å². The van der Waals surface area contributed by atoms with E-state index in [0.29, 0.717) is 6.04 Å². The van der Waals surface area contributed by atoms with Crippen molar-refractivity contribution >= 4 is 28.6 Å². The molecular weight excluding hydrogens is 346 g/mol. The number of unbranched alkanes of at least 4 members (excludes halogenated alkanes) is 1. The van der Waals surface area contributed by atoms with Gasteiger partial charge in [0.1, 0.15) is 0 Å². The molecule has 136 valence electrons. The Morgan fingerprint density at radius 1 is 1.08 bits per heavy atom. The second kappa shape index (κ2) is 8.04. The number of fused-ring (bicyclic) bond motifs is 1. The second-order valence-electron chi connectivity index (χ2n) is 6.97. The maximum atomic E-state index is 6.18. The summed E-state index contributed by atoms with van der Waals surface area (Å²) in [7, 11) is 0. The lowest BCUT2D eigenvalue weighted by atomic mass is 10.1. The van der Waals surface area contributed by atoms with Crippen LogP contribution in [0.15, 0.2) is 36.7 Å². The van der Waals surface area contributed by atoms with E-state index in [9.17, 15) is 0 Å². The van der Waals surface area contributed by atoms with Gasteiger partial charge >= 0.3 is 0 Å². The molecule has 0 saturated heterocycles. The van der Waals surface area contributed by atoms with Gasteiger partial charge in [0.2, 0.25) is 5.28 Å². The minimum absolute atomic E-state index is 0.282. The van der Waals surface area contributed by atoms with Crippen LogP contribution in [0.3, 0.4) is 0 Å². The van der Waals surface area contributed by atoms with Gasteiger partial charge in [-0.1, -0.05) is 43.2 Å². The third-order valence-electron chi connectivity index (χ3n) is 5.14. The molecule has 1 aliphatic carbocycles. The van der Waals surface area contributed by atoms with E-state index in [2.05, 4.69) is 55.2 Å². The Kier molecular flexibility index (Phi) is 5.34. The van der Waals surface area contributed by atoms with Gasteiger partial charge < -0.3 is 9.88 Å². The quantitative estimate of drug-likeness (QED) is 0.468. The highest BCUT2D eigenvalue weighted by Gasteiger charge is 2.21. The predicted molar refractivity (Wildman–Crippen MR) is 106 cm³/mol. The van der Waals surface area contributed by atoms with Gasteiger partial charge in [-0.3, -0.25) is 0 Å². The lowest BCUT2D eigenvalue weighted by molar-refractivity contribution is 0.529. The number of hydrogen-bond acceptors (Lipinski definition) is 4. The summed E-state index contributed by atoms with van der Waals surface area (Å²) in [6, 6.07) is 11.1. The van der Waals surface area contributed by atoms with E-state index in [-0.39, 0.29) is 5.28 Å². The molecule has 2 heterocycles. The Morgan fingerprint density at radius 3 is 2.69 bits per heavy atom. The van der Waals surface area contributed by atoms with Crippen molar-refractivity contribution in [3.05, 3.63) is 47.5 Å². The summed E-state index contributed by atoms with van der Waals surface area (Å²) in [6.45, 7) is 0.853. The normalized spacial score (nSPS) is 15.0. The van der Waals surface area contributed by atoms with E-state index >= 15 is 0 Å². The molecule has 4 rings (SSSR count). The first-order valence-electron chi connectivity index (χ1n) is 9.49. The fourth-order valence-electron chi connectivity index (χ4n) is 3.77.